The summed E-state index contributed by atoms with van der Waals surface area (Å²) in [5.74, 6) is -2.33. The van der Waals surface area contributed by atoms with E-state index in [1.54, 1.807) is 13.8 Å². The standard InChI is InChI=1S/C8H13NO4/c1-3-12-7(9)6(5-10)8(11)13-4-2/h5-6,9H,3-4H2,1-2H3. The Bertz CT molecular complexity index is 184. The van der Waals surface area contributed by atoms with Crippen molar-refractivity contribution >= 4 is 18.2 Å². The van der Waals surface area contributed by atoms with Gasteiger partial charge in [0.05, 0.1) is 13.2 Å². The van der Waals surface area contributed by atoms with Gasteiger partial charge in [-0.05, 0) is 13.8 Å². The molecule has 0 radical (unpaired) electrons. The normalized spacial score (nSPS) is 11.5. The van der Waals surface area contributed by atoms with Crippen LogP contribution in [0.5, 0.6) is 0 Å². The summed E-state index contributed by atoms with van der Waals surface area (Å²) in [5, 5.41) is 7.20. The van der Waals surface area contributed by atoms with Gasteiger partial charge in [0.1, 0.15) is 6.29 Å². The van der Waals surface area contributed by atoms with Crippen molar-refractivity contribution in [3.05, 3.63) is 0 Å². The number of esters is 1. The fourth-order valence-corrected chi connectivity index (χ4v) is 0.702. The van der Waals surface area contributed by atoms with Crippen molar-refractivity contribution < 1.29 is 19.1 Å². The fourth-order valence-electron chi connectivity index (χ4n) is 0.702. The lowest BCUT2D eigenvalue weighted by Crippen LogP contribution is -2.28. The molecule has 1 atom stereocenters. The van der Waals surface area contributed by atoms with Crippen LogP contribution in [0.3, 0.4) is 0 Å². The third-order valence-corrected chi connectivity index (χ3v) is 1.26. The minimum atomic E-state index is -1.22. The lowest BCUT2D eigenvalue weighted by Gasteiger charge is -2.10. The first-order chi connectivity index (χ1) is 6.17. The van der Waals surface area contributed by atoms with Crippen LogP contribution in [-0.4, -0.2) is 31.4 Å². The van der Waals surface area contributed by atoms with Crippen molar-refractivity contribution in [2.75, 3.05) is 13.2 Å². The second kappa shape index (κ2) is 6.16. The number of ether oxygens (including phenoxy) is 2. The molecule has 13 heavy (non-hydrogen) atoms. The van der Waals surface area contributed by atoms with Crippen LogP contribution in [-0.2, 0) is 19.1 Å². The van der Waals surface area contributed by atoms with Crippen LogP contribution in [0.1, 0.15) is 13.8 Å². The van der Waals surface area contributed by atoms with E-state index in [1.807, 2.05) is 0 Å². The van der Waals surface area contributed by atoms with Crippen molar-refractivity contribution in [2.45, 2.75) is 13.8 Å². The van der Waals surface area contributed by atoms with Gasteiger partial charge in [-0.15, -0.1) is 0 Å². The van der Waals surface area contributed by atoms with Crippen molar-refractivity contribution in [1.29, 1.82) is 5.41 Å². The monoisotopic (exact) mass is 187 g/mol. The first-order valence-corrected chi connectivity index (χ1v) is 4.00. The summed E-state index contributed by atoms with van der Waals surface area (Å²) in [6.45, 7) is 3.73. The third kappa shape index (κ3) is 3.68. The topological polar surface area (TPSA) is 76.5 Å². The zero-order valence-electron chi connectivity index (χ0n) is 7.70. The summed E-state index contributed by atoms with van der Waals surface area (Å²) in [6.07, 6.45) is 0.343. The molecule has 0 spiro atoms. The minimum Gasteiger partial charge on any atom is -0.480 e. The van der Waals surface area contributed by atoms with Crippen molar-refractivity contribution in [3.8, 4) is 0 Å². The molecule has 5 heteroatoms. The number of aldehydes is 1. The maximum Gasteiger partial charge on any atom is 0.325 e. The number of nitrogens with one attached hydrogen (secondary N) is 1. The Hall–Kier alpha value is -1.39. The van der Waals surface area contributed by atoms with E-state index in [2.05, 4.69) is 4.74 Å². The van der Waals surface area contributed by atoms with Crippen molar-refractivity contribution in [1.82, 2.24) is 0 Å². The van der Waals surface area contributed by atoms with E-state index >= 15 is 0 Å². The zero-order chi connectivity index (χ0) is 10.3. The second-order valence-corrected chi connectivity index (χ2v) is 2.16. The molecule has 0 saturated heterocycles. The Morgan fingerprint density at radius 3 is 2.31 bits per heavy atom. The largest absolute Gasteiger partial charge is 0.480 e. The third-order valence-electron chi connectivity index (χ3n) is 1.26. The van der Waals surface area contributed by atoms with Crippen LogP contribution < -0.4 is 0 Å². The number of hydrogen-bond donors (Lipinski definition) is 1. The van der Waals surface area contributed by atoms with E-state index in [0.717, 1.165) is 0 Å². The molecule has 1 N–H and O–H groups in total. The van der Waals surface area contributed by atoms with Gasteiger partial charge in [0.15, 0.2) is 5.92 Å². The van der Waals surface area contributed by atoms with E-state index in [1.165, 1.54) is 0 Å². The molecule has 0 bridgehead atoms. The lowest BCUT2D eigenvalue weighted by atomic mass is 10.2. The SMILES string of the molecule is CCOC(=N)C(C=O)C(=O)OCC. The second-order valence-electron chi connectivity index (χ2n) is 2.16. The van der Waals surface area contributed by atoms with E-state index in [0.29, 0.717) is 6.29 Å². The summed E-state index contributed by atoms with van der Waals surface area (Å²) in [5.41, 5.74) is 0. The molecule has 1 unspecified atom stereocenters. The molecule has 74 valence electrons. The quantitative estimate of drug-likeness (QED) is 0.222. The highest BCUT2D eigenvalue weighted by molar-refractivity contribution is 6.08. The molecule has 0 aliphatic carbocycles. The van der Waals surface area contributed by atoms with Crippen LogP contribution in [0.4, 0.5) is 0 Å². The Morgan fingerprint density at radius 1 is 1.38 bits per heavy atom. The molecule has 0 aliphatic heterocycles. The van der Waals surface area contributed by atoms with Gasteiger partial charge in [0.2, 0.25) is 5.90 Å². The zero-order valence-corrected chi connectivity index (χ0v) is 7.70. The highest BCUT2D eigenvalue weighted by Gasteiger charge is 2.25. The molecular weight excluding hydrogens is 174 g/mol. The van der Waals surface area contributed by atoms with Crippen molar-refractivity contribution in [2.24, 2.45) is 5.92 Å². The number of carbonyl (C=O) groups excluding carboxylic acids is 2. The minimum absolute atomic E-state index is 0.183. The molecular formula is C8H13NO4. The Labute approximate surface area is 76.5 Å². The van der Waals surface area contributed by atoms with E-state index in [4.69, 9.17) is 10.1 Å². The maximum atomic E-state index is 11.0. The van der Waals surface area contributed by atoms with Gasteiger partial charge >= 0.3 is 5.97 Å². The lowest BCUT2D eigenvalue weighted by molar-refractivity contribution is -0.147. The van der Waals surface area contributed by atoms with E-state index in [-0.39, 0.29) is 19.1 Å². The average molecular weight is 187 g/mol. The first-order valence-electron chi connectivity index (χ1n) is 4.00. The Balaban J connectivity index is 4.23. The smallest absolute Gasteiger partial charge is 0.325 e. The molecule has 0 heterocycles. The molecule has 0 saturated carbocycles. The Kier molecular flexibility index (Phi) is 5.50. The van der Waals surface area contributed by atoms with Gasteiger partial charge in [-0.1, -0.05) is 0 Å². The van der Waals surface area contributed by atoms with Crippen molar-refractivity contribution in [3.63, 3.8) is 0 Å². The summed E-state index contributed by atoms with van der Waals surface area (Å²) in [4.78, 5) is 21.4. The molecule has 0 amide bonds. The van der Waals surface area contributed by atoms with Gasteiger partial charge in [0.25, 0.3) is 0 Å². The molecule has 5 nitrogen and oxygen atoms in total. The van der Waals surface area contributed by atoms with E-state index < -0.39 is 11.9 Å². The summed E-state index contributed by atoms with van der Waals surface area (Å²) < 4.78 is 9.28. The molecule has 0 aromatic rings. The number of hydrogen-bond acceptors (Lipinski definition) is 5. The summed E-state index contributed by atoms with van der Waals surface area (Å²) >= 11 is 0. The van der Waals surface area contributed by atoms with Crippen LogP contribution in [0.15, 0.2) is 0 Å². The van der Waals surface area contributed by atoms with Crippen LogP contribution >= 0.6 is 0 Å². The average Bonchev–Trinajstić information content (AvgIpc) is 2.06. The predicted octanol–water partition coefficient (Wildman–Crippen LogP) is 0.378. The molecule has 0 aromatic carbocycles. The van der Waals surface area contributed by atoms with Gasteiger partial charge in [-0.2, -0.15) is 0 Å². The molecule has 0 aromatic heterocycles. The summed E-state index contributed by atoms with van der Waals surface area (Å²) in [6, 6.07) is 0. The van der Waals surface area contributed by atoms with Crippen LogP contribution in [0.2, 0.25) is 0 Å². The van der Waals surface area contributed by atoms with Gasteiger partial charge in [-0.3, -0.25) is 10.2 Å². The van der Waals surface area contributed by atoms with Crippen LogP contribution in [0.25, 0.3) is 0 Å². The fraction of sp³-hybridized carbons (Fsp3) is 0.625. The highest BCUT2D eigenvalue weighted by Crippen LogP contribution is 2.00. The first kappa shape index (κ1) is 11.6. The van der Waals surface area contributed by atoms with Gasteiger partial charge in [0, 0.05) is 0 Å². The van der Waals surface area contributed by atoms with E-state index in [9.17, 15) is 9.59 Å². The molecule has 0 fully saturated rings. The van der Waals surface area contributed by atoms with Crippen LogP contribution in [0, 0.1) is 11.3 Å². The summed E-state index contributed by atoms with van der Waals surface area (Å²) in [7, 11) is 0. The highest BCUT2D eigenvalue weighted by atomic mass is 16.5. The number of rotatable bonds is 5. The maximum absolute atomic E-state index is 11.0. The predicted molar refractivity (Wildman–Crippen MR) is 45.5 cm³/mol. The van der Waals surface area contributed by atoms with Gasteiger partial charge in [-0.25, -0.2) is 0 Å². The molecule has 0 rings (SSSR count). The molecule has 0 aliphatic rings. The van der Waals surface area contributed by atoms with Gasteiger partial charge < -0.3 is 14.3 Å². The number of carbonyl (C=O) groups is 2. The Morgan fingerprint density at radius 2 is 1.92 bits per heavy atom.